The smallest absolute Gasteiger partial charge is 0.327 e. The Balaban J connectivity index is 2.63. The first-order valence-electron chi connectivity index (χ1n) is 6.22. The van der Waals surface area contributed by atoms with Crippen molar-refractivity contribution in [2.24, 2.45) is 5.92 Å². The highest BCUT2D eigenvalue weighted by molar-refractivity contribution is 8.00. The molecule has 1 aliphatic rings. The topological polar surface area (TPSA) is 67.4 Å². The molecule has 1 unspecified atom stereocenters. The van der Waals surface area contributed by atoms with Gasteiger partial charge in [0.05, 0.1) is 12.9 Å². The minimum atomic E-state index is -0.623. The molecule has 1 saturated carbocycles. The van der Waals surface area contributed by atoms with E-state index in [2.05, 4.69) is 10.6 Å². The van der Waals surface area contributed by atoms with Crippen LogP contribution in [0.15, 0.2) is 0 Å². The van der Waals surface area contributed by atoms with Crippen LogP contribution in [0.25, 0.3) is 0 Å². The van der Waals surface area contributed by atoms with Crippen molar-refractivity contribution in [2.75, 3.05) is 32.2 Å². The van der Waals surface area contributed by atoms with Crippen molar-refractivity contribution in [3.05, 3.63) is 0 Å². The van der Waals surface area contributed by atoms with Crippen LogP contribution in [0.1, 0.15) is 19.8 Å². The fourth-order valence-corrected chi connectivity index (χ4v) is 3.27. The molecule has 1 amide bonds. The number of carbonyl (C=O) groups excluding carboxylic acids is 2. The lowest BCUT2D eigenvalue weighted by Crippen LogP contribution is -2.57. The Morgan fingerprint density at radius 3 is 2.56 bits per heavy atom. The molecule has 2 N–H and O–H groups in total. The maximum Gasteiger partial charge on any atom is 0.327 e. The van der Waals surface area contributed by atoms with E-state index in [0.717, 1.165) is 12.8 Å². The van der Waals surface area contributed by atoms with Crippen LogP contribution >= 0.6 is 11.8 Å². The Morgan fingerprint density at radius 1 is 1.44 bits per heavy atom. The molecule has 0 bridgehead atoms. The molecular weight excluding hydrogens is 252 g/mol. The van der Waals surface area contributed by atoms with Gasteiger partial charge in [-0.2, -0.15) is 0 Å². The highest BCUT2D eigenvalue weighted by Gasteiger charge is 2.51. The van der Waals surface area contributed by atoms with Crippen LogP contribution in [0, 0.1) is 5.92 Å². The van der Waals surface area contributed by atoms with E-state index >= 15 is 0 Å². The predicted octanol–water partition coefficient (Wildman–Crippen LogP) is 0.397. The second kappa shape index (κ2) is 6.99. The predicted molar refractivity (Wildman–Crippen MR) is 72.5 cm³/mol. The van der Waals surface area contributed by atoms with E-state index < -0.39 is 5.54 Å². The summed E-state index contributed by atoms with van der Waals surface area (Å²) in [4.78, 5) is 23.3. The van der Waals surface area contributed by atoms with Crippen molar-refractivity contribution in [3.8, 4) is 0 Å². The second-order valence-electron chi connectivity index (χ2n) is 4.43. The summed E-state index contributed by atoms with van der Waals surface area (Å²) < 4.78 is 4.94. The first-order valence-corrected chi connectivity index (χ1v) is 7.38. The average molecular weight is 274 g/mol. The molecule has 5 nitrogen and oxygen atoms in total. The van der Waals surface area contributed by atoms with Gasteiger partial charge in [0.25, 0.3) is 0 Å². The van der Waals surface area contributed by atoms with Gasteiger partial charge in [-0.3, -0.25) is 9.59 Å². The van der Waals surface area contributed by atoms with Crippen LogP contribution in [0.4, 0.5) is 0 Å². The van der Waals surface area contributed by atoms with Gasteiger partial charge in [-0.25, -0.2) is 0 Å². The molecule has 18 heavy (non-hydrogen) atoms. The molecule has 0 aromatic rings. The molecule has 0 radical (unpaired) electrons. The number of carbonyl (C=O) groups is 2. The highest BCUT2D eigenvalue weighted by atomic mass is 32.2. The summed E-state index contributed by atoms with van der Waals surface area (Å²) in [6.45, 7) is 2.69. The molecule has 1 atom stereocenters. The number of hydrogen-bond acceptors (Lipinski definition) is 5. The molecule has 1 rings (SSSR count). The Morgan fingerprint density at radius 2 is 2.11 bits per heavy atom. The zero-order valence-electron chi connectivity index (χ0n) is 11.2. The number of likely N-dealkylation sites (N-methyl/N-ethyl adjacent to an activating group) is 1. The molecule has 0 saturated heterocycles. The number of ether oxygens (including phenoxy) is 1. The van der Waals surface area contributed by atoms with E-state index in [1.807, 2.05) is 6.92 Å². The van der Waals surface area contributed by atoms with Gasteiger partial charge in [-0.05, 0) is 25.3 Å². The zero-order valence-corrected chi connectivity index (χ0v) is 12.1. The lowest BCUT2D eigenvalue weighted by molar-refractivity contribution is -0.148. The maximum absolute atomic E-state index is 12.1. The quantitative estimate of drug-likeness (QED) is 0.627. The molecule has 0 aromatic heterocycles. The van der Waals surface area contributed by atoms with Gasteiger partial charge in [-0.1, -0.05) is 6.92 Å². The van der Waals surface area contributed by atoms with E-state index in [1.165, 1.54) is 18.9 Å². The van der Waals surface area contributed by atoms with E-state index in [-0.39, 0.29) is 11.9 Å². The van der Waals surface area contributed by atoms with Gasteiger partial charge < -0.3 is 15.4 Å². The van der Waals surface area contributed by atoms with Crippen LogP contribution in [0.3, 0.4) is 0 Å². The number of thioether (sulfide) groups is 1. The molecule has 104 valence electrons. The number of nitrogens with one attached hydrogen (secondary N) is 2. The zero-order chi connectivity index (χ0) is 13.6. The number of hydrogen-bond donors (Lipinski definition) is 2. The number of methoxy groups -OCH3 is 1. The Hall–Kier alpha value is -0.750. The standard InChI is InChI=1S/C12H22N2O3S/c1-4-14-12(9-5-6-9,11(16)17-3)8-18-7-10(15)13-2/h9,14H,4-8H2,1-3H3,(H,13,15). The summed E-state index contributed by atoms with van der Waals surface area (Å²) in [5.41, 5.74) is -0.623. The van der Waals surface area contributed by atoms with Crippen molar-refractivity contribution >= 4 is 23.6 Å². The third-order valence-electron chi connectivity index (χ3n) is 3.16. The van der Waals surface area contributed by atoms with Gasteiger partial charge in [0.15, 0.2) is 0 Å². The van der Waals surface area contributed by atoms with E-state index in [9.17, 15) is 9.59 Å². The van der Waals surface area contributed by atoms with Crippen molar-refractivity contribution in [1.29, 1.82) is 0 Å². The molecule has 0 spiro atoms. The van der Waals surface area contributed by atoms with Crippen LogP contribution in [-0.2, 0) is 14.3 Å². The SMILES string of the molecule is CCNC(CSCC(=O)NC)(C(=O)OC)C1CC1. The van der Waals surface area contributed by atoms with Crippen LogP contribution in [0.5, 0.6) is 0 Å². The van der Waals surface area contributed by atoms with E-state index in [0.29, 0.717) is 24.0 Å². The minimum Gasteiger partial charge on any atom is -0.468 e. The summed E-state index contributed by atoms with van der Waals surface area (Å²) in [6.07, 6.45) is 2.09. The Bertz CT molecular complexity index is 308. The summed E-state index contributed by atoms with van der Waals surface area (Å²) in [7, 11) is 3.03. The molecular formula is C12H22N2O3S. The van der Waals surface area contributed by atoms with E-state index in [1.54, 1.807) is 7.05 Å². The third kappa shape index (κ3) is 3.62. The lowest BCUT2D eigenvalue weighted by Gasteiger charge is -2.31. The fraction of sp³-hybridized carbons (Fsp3) is 0.833. The molecule has 1 fully saturated rings. The molecule has 0 aliphatic heterocycles. The van der Waals surface area contributed by atoms with Crippen molar-refractivity contribution < 1.29 is 14.3 Å². The summed E-state index contributed by atoms with van der Waals surface area (Å²) in [6, 6.07) is 0. The third-order valence-corrected chi connectivity index (χ3v) is 4.28. The summed E-state index contributed by atoms with van der Waals surface area (Å²) in [5.74, 6) is 1.04. The van der Waals surface area contributed by atoms with Gasteiger partial charge in [0.1, 0.15) is 5.54 Å². The molecule has 6 heteroatoms. The fourth-order valence-electron chi connectivity index (χ4n) is 2.06. The van der Waals surface area contributed by atoms with Gasteiger partial charge in [-0.15, -0.1) is 11.8 Å². The maximum atomic E-state index is 12.1. The van der Waals surface area contributed by atoms with Gasteiger partial charge >= 0.3 is 5.97 Å². The van der Waals surface area contributed by atoms with Crippen LogP contribution in [-0.4, -0.2) is 49.6 Å². The monoisotopic (exact) mass is 274 g/mol. The van der Waals surface area contributed by atoms with Crippen molar-refractivity contribution in [1.82, 2.24) is 10.6 Å². The molecule has 0 aromatic carbocycles. The van der Waals surface area contributed by atoms with Gasteiger partial charge in [0.2, 0.25) is 5.91 Å². The van der Waals surface area contributed by atoms with Gasteiger partial charge in [0, 0.05) is 12.8 Å². The minimum absolute atomic E-state index is 0.0222. The normalized spacial score (nSPS) is 17.9. The molecule has 0 heterocycles. The Kier molecular flexibility index (Phi) is 5.95. The number of esters is 1. The lowest BCUT2D eigenvalue weighted by atomic mass is 9.95. The Labute approximate surface area is 112 Å². The summed E-state index contributed by atoms with van der Waals surface area (Å²) in [5, 5.41) is 5.85. The highest BCUT2D eigenvalue weighted by Crippen LogP contribution is 2.42. The second-order valence-corrected chi connectivity index (χ2v) is 5.42. The van der Waals surface area contributed by atoms with Crippen LogP contribution < -0.4 is 10.6 Å². The van der Waals surface area contributed by atoms with Crippen molar-refractivity contribution in [3.63, 3.8) is 0 Å². The first-order chi connectivity index (χ1) is 8.60. The van der Waals surface area contributed by atoms with Crippen molar-refractivity contribution in [2.45, 2.75) is 25.3 Å². The summed E-state index contributed by atoms with van der Waals surface area (Å²) >= 11 is 1.47. The largest absolute Gasteiger partial charge is 0.468 e. The van der Waals surface area contributed by atoms with Crippen LogP contribution in [0.2, 0.25) is 0 Å². The number of amides is 1. The average Bonchev–Trinajstić information content (AvgIpc) is 3.20. The first kappa shape index (κ1) is 15.3. The molecule has 1 aliphatic carbocycles. The van der Waals surface area contributed by atoms with E-state index in [4.69, 9.17) is 4.74 Å². The number of rotatable bonds is 8.